The summed E-state index contributed by atoms with van der Waals surface area (Å²) in [5.74, 6) is 0.526. The second-order valence-corrected chi connectivity index (χ2v) is 5.63. The Balaban J connectivity index is 1.69. The highest BCUT2D eigenvalue weighted by Gasteiger charge is 2.25. The molecule has 22 heavy (non-hydrogen) atoms. The van der Waals surface area contributed by atoms with Crippen molar-refractivity contribution >= 4 is 16.8 Å². The Kier molecular flexibility index (Phi) is 4.51. The molecular weight excluding hydrogens is 278 g/mol. The van der Waals surface area contributed by atoms with Gasteiger partial charge in [-0.05, 0) is 37.8 Å². The number of carbonyl (C=O) groups is 1. The maximum Gasteiger partial charge on any atom is 0.260 e. The molecule has 2 aromatic rings. The summed E-state index contributed by atoms with van der Waals surface area (Å²) in [7, 11) is 0. The minimum absolute atomic E-state index is 0.0392. The van der Waals surface area contributed by atoms with Gasteiger partial charge < -0.3 is 9.64 Å². The predicted molar refractivity (Wildman–Crippen MR) is 84.7 cm³/mol. The molecule has 1 aromatic heterocycles. The molecule has 0 bridgehead atoms. The number of amides is 1. The van der Waals surface area contributed by atoms with Gasteiger partial charge >= 0.3 is 0 Å². The number of para-hydroxylation sites is 1. The number of aromatic nitrogens is 2. The first-order valence-electron chi connectivity index (χ1n) is 7.91. The standard InChI is InChI=1S/C17H21N3O2/c1-2-13-7-5-6-10-20(13)16(21)11-22-17-14-8-3-4-9-15(14)18-12-19-17/h3-4,8-9,12-13H,2,5-7,10-11H2,1H3. The SMILES string of the molecule is CCC1CCCCN1C(=O)COc1ncnc2ccccc12. The number of fused-ring (bicyclic) bond motifs is 1. The number of rotatable bonds is 4. The Labute approximate surface area is 130 Å². The van der Waals surface area contributed by atoms with Crippen molar-refractivity contribution in [3.05, 3.63) is 30.6 Å². The minimum Gasteiger partial charge on any atom is -0.467 e. The van der Waals surface area contributed by atoms with E-state index in [2.05, 4.69) is 16.9 Å². The molecule has 5 heteroatoms. The van der Waals surface area contributed by atoms with Crippen LogP contribution < -0.4 is 4.74 Å². The molecule has 1 aliphatic heterocycles. The number of likely N-dealkylation sites (tertiary alicyclic amines) is 1. The Hall–Kier alpha value is -2.17. The number of hydrogen-bond acceptors (Lipinski definition) is 4. The number of ether oxygens (including phenoxy) is 1. The molecule has 0 N–H and O–H groups in total. The quantitative estimate of drug-likeness (QED) is 0.871. The molecule has 116 valence electrons. The van der Waals surface area contributed by atoms with Crippen molar-refractivity contribution in [1.82, 2.24) is 14.9 Å². The summed E-state index contributed by atoms with van der Waals surface area (Å²) in [5, 5.41) is 0.837. The summed E-state index contributed by atoms with van der Waals surface area (Å²) in [6, 6.07) is 8.00. The average molecular weight is 299 g/mol. The highest BCUT2D eigenvalue weighted by Crippen LogP contribution is 2.22. The lowest BCUT2D eigenvalue weighted by Crippen LogP contribution is -2.45. The zero-order valence-electron chi connectivity index (χ0n) is 12.9. The van der Waals surface area contributed by atoms with Crippen LogP contribution in [-0.4, -0.2) is 40.0 Å². The van der Waals surface area contributed by atoms with Crippen LogP contribution in [0.15, 0.2) is 30.6 Å². The Morgan fingerprint density at radius 1 is 1.32 bits per heavy atom. The van der Waals surface area contributed by atoms with Crippen molar-refractivity contribution in [2.24, 2.45) is 0 Å². The molecule has 1 aliphatic rings. The van der Waals surface area contributed by atoms with Crippen LogP contribution in [0.1, 0.15) is 32.6 Å². The van der Waals surface area contributed by atoms with Crippen LogP contribution in [0.5, 0.6) is 5.88 Å². The topological polar surface area (TPSA) is 55.3 Å². The smallest absolute Gasteiger partial charge is 0.260 e. The first kappa shape index (κ1) is 14.8. The molecule has 0 aliphatic carbocycles. The molecule has 2 heterocycles. The average Bonchev–Trinajstić information content (AvgIpc) is 2.59. The van der Waals surface area contributed by atoms with Gasteiger partial charge in [0.25, 0.3) is 5.91 Å². The Morgan fingerprint density at radius 2 is 2.18 bits per heavy atom. The van der Waals surface area contributed by atoms with Crippen LogP contribution in [0.25, 0.3) is 10.9 Å². The van der Waals surface area contributed by atoms with Crippen molar-refractivity contribution in [2.75, 3.05) is 13.2 Å². The van der Waals surface area contributed by atoms with Crippen LogP contribution in [0.2, 0.25) is 0 Å². The third-order valence-corrected chi connectivity index (χ3v) is 4.26. The van der Waals surface area contributed by atoms with E-state index in [0.717, 1.165) is 36.7 Å². The van der Waals surface area contributed by atoms with E-state index in [-0.39, 0.29) is 12.5 Å². The minimum atomic E-state index is 0.0392. The van der Waals surface area contributed by atoms with Crippen LogP contribution in [0.4, 0.5) is 0 Å². The van der Waals surface area contributed by atoms with Crippen molar-refractivity contribution in [2.45, 2.75) is 38.6 Å². The van der Waals surface area contributed by atoms with Gasteiger partial charge in [-0.25, -0.2) is 9.97 Å². The van der Waals surface area contributed by atoms with E-state index in [1.165, 1.54) is 12.7 Å². The first-order chi connectivity index (χ1) is 10.8. The van der Waals surface area contributed by atoms with E-state index in [0.29, 0.717) is 11.9 Å². The molecule has 0 saturated carbocycles. The molecule has 0 radical (unpaired) electrons. The summed E-state index contributed by atoms with van der Waals surface area (Å²) in [4.78, 5) is 22.8. The number of benzene rings is 1. The lowest BCUT2D eigenvalue weighted by Gasteiger charge is -2.35. The zero-order chi connectivity index (χ0) is 15.4. The number of piperidine rings is 1. The largest absolute Gasteiger partial charge is 0.467 e. The van der Waals surface area contributed by atoms with E-state index in [9.17, 15) is 4.79 Å². The Bertz CT molecular complexity index is 654. The summed E-state index contributed by atoms with van der Waals surface area (Å²) in [6.45, 7) is 3.01. The monoisotopic (exact) mass is 299 g/mol. The van der Waals surface area contributed by atoms with Gasteiger partial charge in [0.2, 0.25) is 5.88 Å². The van der Waals surface area contributed by atoms with E-state index in [4.69, 9.17) is 4.74 Å². The summed E-state index contributed by atoms with van der Waals surface area (Å²) in [5.41, 5.74) is 0.823. The normalized spacial score (nSPS) is 18.4. The molecule has 1 saturated heterocycles. The first-order valence-corrected chi connectivity index (χ1v) is 7.91. The van der Waals surface area contributed by atoms with E-state index in [1.54, 1.807) is 0 Å². The maximum atomic E-state index is 12.4. The predicted octanol–water partition coefficient (Wildman–Crippen LogP) is 2.80. The lowest BCUT2D eigenvalue weighted by atomic mass is 10.00. The van der Waals surface area contributed by atoms with Gasteiger partial charge in [-0.2, -0.15) is 0 Å². The lowest BCUT2D eigenvalue weighted by molar-refractivity contribution is -0.137. The van der Waals surface area contributed by atoms with E-state index < -0.39 is 0 Å². The van der Waals surface area contributed by atoms with Gasteiger partial charge in [0.05, 0.1) is 10.9 Å². The second kappa shape index (κ2) is 6.73. The highest BCUT2D eigenvalue weighted by atomic mass is 16.5. The van der Waals surface area contributed by atoms with Crippen LogP contribution in [-0.2, 0) is 4.79 Å². The molecule has 1 aromatic carbocycles. The summed E-state index contributed by atoms with van der Waals surface area (Å²) >= 11 is 0. The van der Waals surface area contributed by atoms with Crippen molar-refractivity contribution in [3.8, 4) is 5.88 Å². The fourth-order valence-electron chi connectivity index (χ4n) is 3.06. The van der Waals surface area contributed by atoms with Gasteiger partial charge in [0.15, 0.2) is 6.61 Å². The third-order valence-electron chi connectivity index (χ3n) is 4.26. The molecule has 5 nitrogen and oxygen atoms in total. The summed E-state index contributed by atoms with van der Waals surface area (Å²) in [6.07, 6.45) is 5.86. The van der Waals surface area contributed by atoms with Gasteiger partial charge in [0.1, 0.15) is 6.33 Å². The van der Waals surface area contributed by atoms with Crippen LogP contribution in [0.3, 0.4) is 0 Å². The Morgan fingerprint density at radius 3 is 3.05 bits per heavy atom. The van der Waals surface area contributed by atoms with Crippen molar-refractivity contribution < 1.29 is 9.53 Å². The number of carbonyl (C=O) groups excluding carboxylic acids is 1. The van der Waals surface area contributed by atoms with E-state index in [1.807, 2.05) is 29.2 Å². The molecule has 3 rings (SSSR count). The van der Waals surface area contributed by atoms with Gasteiger partial charge in [-0.3, -0.25) is 4.79 Å². The molecular formula is C17H21N3O2. The van der Waals surface area contributed by atoms with Gasteiger partial charge in [-0.1, -0.05) is 19.1 Å². The van der Waals surface area contributed by atoms with Crippen LogP contribution >= 0.6 is 0 Å². The molecule has 1 unspecified atom stereocenters. The fourth-order valence-corrected chi connectivity index (χ4v) is 3.06. The van der Waals surface area contributed by atoms with Gasteiger partial charge in [0, 0.05) is 12.6 Å². The van der Waals surface area contributed by atoms with Gasteiger partial charge in [-0.15, -0.1) is 0 Å². The fraction of sp³-hybridized carbons (Fsp3) is 0.471. The molecule has 1 fully saturated rings. The molecule has 0 spiro atoms. The highest BCUT2D eigenvalue weighted by molar-refractivity contribution is 5.84. The van der Waals surface area contributed by atoms with E-state index >= 15 is 0 Å². The van der Waals surface area contributed by atoms with Crippen molar-refractivity contribution in [3.63, 3.8) is 0 Å². The maximum absolute atomic E-state index is 12.4. The summed E-state index contributed by atoms with van der Waals surface area (Å²) < 4.78 is 5.68. The second-order valence-electron chi connectivity index (χ2n) is 5.63. The van der Waals surface area contributed by atoms with Crippen molar-refractivity contribution in [1.29, 1.82) is 0 Å². The molecule has 1 atom stereocenters. The molecule has 1 amide bonds. The van der Waals surface area contributed by atoms with Crippen LogP contribution in [0, 0.1) is 0 Å². The number of nitrogens with zero attached hydrogens (tertiary/aromatic N) is 3. The third kappa shape index (κ3) is 3.03. The zero-order valence-corrected chi connectivity index (χ0v) is 12.9. The number of hydrogen-bond donors (Lipinski definition) is 0.